The van der Waals surface area contributed by atoms with Gasteiger partial charge in [-0.1, -0.05) is 12.1 Å². The summed E-state index contributed by atoms with van der Waals surface area (Å²) in [5, 5.41) is 5.34. The number of ether oxygens (including phenoxy) is 2. The van der Waals surface area contributed by atoms with Crippen molar-refractivity contribution in [1.29, 1.82) is 0 Å². The largest absolute Gasteiger partial charge is 0.483 e. The molecule has 1 aromatic carbocycles. The number of rotatable bonds is 7. The summed E-state index contributed by atoms with van der Waals surface area (Å²) in [6.07, 6.45) is 2.24. The first-order valence-corrected chi connectivity index (χ1v) is 8.47. The summed E-state index contributed by atoms with van der Waals surface area (Å²) in [6.45, 7) is 4.50. The molecule has 7 nitrogen and oxygen atoms in total. The highest BCUT2D eigenvalue weighted by atomic mass is 16.5. The molecule has 1 aromatic heterocycles. The topological polar surface area (TPSA) is 89.8 Å². The second-order valence-electron chi connectivity index (χ2n) is 6.65. The fourth-order valence-corrected chi connectivity index (χ4v) is 2.77. The van der Waals surface area contributed by atoms with E-state index in [1.807, 2.05) is 26.0 Å². The van der Waals surface area contributed by atoms with Crippen LogP contribution >= 0.6 is 0 Å². The van der Waals surface area contributed by atoms with Gasteiger partial charge in [0.2, 0.25) is 0 Å². The Balaban J connectivity index is 1.40. The van der Waals surface area contributed by atoms with Gasteiger partial charge in [0.15, 0.2) is 23.9 Å². The van der Waals surface area contributed by atoms with Gasteiger partial charge in [0, 0.05) is 25.1 Å². The number of carbonyl (C=O) groups is 2. The number of benzene rings is 1. The van der Waals surface area contributed by atoms with Crippen LogP contribution in [0.5, 0.6) is 11.5 Å². The minimum atomic E-state index is -0.319. The number of fused-ring (bicyclic) bond motifs is 1. The fourth-order valence-electron chi connectivity index (χ4n) is 2.77. The molecule has 2 N–H and O–H groups in total. The van der Waals surface area contributed by atoms with E-state index in [-0.39, 0.29) is 29.8 Å². The number of amides is 2. The maximum Gasteiger partial charge on any atom is 0.287 e. The molecule has 7 heteroatoms. The Morgan fingerprint density at radius 2 is 1.96 bits per heavy atom. The molecule has 2 amide bonds. The zero-order valence-corrected chi connectivity index (χ0v) is 14.8. The first kappa shape index (κ1) is 17.8. The normalized spacial score (nSPS) is 14.2. The van der Waals surface area contributed by atoms with Gasteiger partial charge in [-0.05, 0) is 32.0 Å². The molecule has 2 aromatic rings. The first-order chi connectivity index (χ1) is 12.4. The lowest BCUT2D eigenvalue weighted by atomic mass is 10.0. The molecule has 1 aliphatic heterocycles. The van der Waals surface area contributed by atoms with Gasteiger partial charge in [0.25, 0.3) is 11.8 Å². The highest BCUT2D eigenvalue weighted by Gasteiger charge is 2.32. The van der Waals surface area contributed by atoms with Crippen LogP contribution < -0.4 is 20.1 Å². The van der Waals surface area contributed by atoms with Crippen molar-refractivity contribution < 1.29 is 23.5 Å². The van der Waals surface area contributed by atoms with Crippen LogP contribution in [-0.4, -0.2) is 37.1 Å². The van der Waals surface area contributed by atoms with Gasteiger partial charge in [0.05, 0.1) is 6.26 Å². The molecule has 0 aliphatic carbocycles. The van der Waals surface area contributed by atoms with Crippen LogP contribution in [0.2, 0.25) is 0 Å². The Bertz CT molecular complexity index is 783. The van der Waals surface area contributed by atoms with Gasteiger partial charge in [-0.15, -0.1) is 0 Å². The van der Waals surface area contributed by atoms with E-state index < -0.39 is 0 Å². The van der Waals surface area contributed by atoms with Crippen LogP contribution in [-0.2, 0) is 11.2 Å². The Morgan fingerprint density at radius 1 is 1.15 bits per heavy atom. The highest BCUT2D eigenvalue weighted by Crippen LogP contribution is 2.41. The van der Waals surface area contributed by atoms with Crippen LogP contribution in [0.3, 0.4) is 0 Å². The molecule has 0 unspecified atom stereocenters. The summed E-state index contributed by atoms with van der Waals surface area (Å²) >= 11 is 0. The second kappa shape index (κ2) is 7.51. The van der Waals surface area contributed by atoms with E-state index in [1.165, 1.54) is 6.26 Å². The molecule has 26 heavy (non-hydrogen) atoms. The molecule has 0 spiro atoms. The number of hydrogen-bond acceptors (Lipinski definition) is 5. The Hall–Kier alpha value is -2.96. The minimum absolute atomic E-state index is 0.119. The van der Waals surface area contributed by atoms with Crippen molar-refractivity contribution in [2.75, 3.05) is 19.7 Å². The minimum Gasteiger partial charge on any atom is -0.483 e. The molecule has 0 atom stereocenters. The maximum absolute atomic E-state index is 11.9. The molecular weight excluding hydrogens is 336 g/mol. The van der Waals surface area contributed by atoms with Gasteiger partial charge < -0.3 is 24.5 Å². The predicted molar refractivity (Wildman–Crippen MR) is 94.4 cm³/mol. The molecule has 1 aliphatic rings. The van der Waals surface area contributed by atoms with Crippen LogP contribution in [0.4, 0.5) is 0 Å². The quantitative estimate of drug-likeness (QED) is 0.738. The molecule has 0 bridgehead atoms. The zero-order chi connectivity index (χ0) is 18.6. The van der Waals surface area contributed by atoms with Crippen molar-refractivity contribution in [2.45, 2.75) is 25.9 Å². The molecule has 2 heterocycles. The Kier molecular flexibility index (Phi) is 5.16. The zero-order valence-electron chi connectivity index (χ0n) is 14.8. The van der Waals surface area contributed by atoms with Gasteiger partial charge in [-0.2, -0.15) is 0 Å². The SMILES string of the molecule is CC1(C)Cc2cccc(OCC(=O)NCCNC(=O)c3ccco3)c2O1. The van der Waals surface area contributed by atoms with E-state index in [0.29, 0.717) is 24.6 Å². The third-order valence-electron chi connectivity index (χ3n) is 3.89. The average molecular weight is 358 g/mol. The number of carbonyl (C=O) groups excluding carboxylic acids is 2. The first-order valence-electron chi connectivity index (χ1n) is 8.47. The molecule has 3 rings (SSSR count). The van der Waals surface area contributed by atoms with Crippen LogP contribution in [0, 0.1) is 0 Å². The van der Waals surface area contributed by atoms with Crippen molar-refractivity contribution in [1.82, 2.24) is 10.6 Å². The van der Waals surface area contributed by atoms with Crippen LogP contribution in [0.1, 0.15) is 30.0 Å². The molecule has 0 saturated heterocycles. The monoisotopic (exact) mass is 358 g/mol. The number of furan rings is 1. The second-order valence-corrected chi connectivity index (χ2v) is 6.65. The van der Waals surface area contributed by atoms with Gasteiger partial charge in [-0.25, -0.2) is 0 Å². The van der Waals surface area contributed by atoms with Crippen molar-refractivity contribution in [3.63, 3.8) is 0 Å². The standard InChI is InChI=1S/C19H22N2O5/c1-19(2)11-13-5-3-6-14(17(13)26-19)25-12-16(22)20-8-9-21-18(23)15-7-4-10-24-15/h3-7,10H,8-9,11-12H2,1-2H3,(H,20,22)(H,21,23). The smallest absolute Gasteiger partial charge is 0.287 e. The number of nitrogens with one attached hydrogen (secondary N) is 2. The van der Waals surface area contributed by atoms with Crippen molar-refractivity contribution >= 4 is 11.8 Å². The van der Waals surface area contributed by atoms with Crippen molar-refractivity contribution in [3.05, 3.63) is 47.9 Å². The van der Waals surface area contributed by atoms with E-state index in [4.69, 9.17) is 13.9 Å². The van der Waals surface area contributed by atoms with Crippen molar-refractivity contribution in [2.24, 2.45) is 0 Å². The average Bonchev–Trinajstić information content (AvgIpc) is 3.22. The lowest BCUT2D eigenvalue weighted by molar-refractivity contribution is -0.123. The summed E-state index contributed by atoms with van der Waals surface area (Å²) in [5.41, 5.74) is 0.810. The fraction of sp³-hybridized carbons (Fsp3) is 0.368. The Morgan fingerprint density at radius 3 is 2.73 bits per heavy atom. The molecule has 138 valence electrons. The summed E-state index contributed by atoms with van der Waals surface area (Å²) in [6, 6.07) is 8.89. The van der Waals surface area contributed by atoms with E-state index in [2.05, 4.69) is 10.6 Å². The van der Waals surface area contributed by atoms with Gasteiger partial charge in [-0.3, -0.25) is 9.59 Å². The predicted octanol–water partition coefficient (Wildman–Crippen LogP) is 1.92. The number of hydrogen-bond donors (Lipinski definition) is 2. The van der Waals surface area contributed by atoms with E-state index in [0.717, 1.165) is 12.0 Å². The van der Waals surface area contributed by atoms with Crippen molar-refractivity contribution in [3.8, 4) is 11.5 Å². The van der Waals surface area contributed by atoms with Crippen LogP contribution in [0.15, 0.2) is 41.0 Å². The molecule has 0 radical (unpaired) electrons. The van der Waals surface area contributed by atoms with Gasteiger partial charge in [0.1, 0.15) is 5.60 Å². The van der Waals surface area contributed by atoms with Gasteiger partial charge >= 0.3 is 0 Å². The summed E-state index contributed by atoms with van der Waals surface area (Å²) in [4.78, 5) is 23.6. The maximum atomic E-state index is 11.9. The lowest BCUT2D eigenvalue weighted by Crippen LogP contribution is -2.36. The van der Waals surface area contributed by atoms with E-state index in [1.54, 1.807) is 18.2 Å². The van der Waals surface area contributed by atoms with Crippen LogP contribution in [0.25, 0.3) is 0 Å². The summed E-state index contributed by atoms with van der Waals surface area (Å²) < 4.78 is 16.5. The molecule has 0 saturated carbocycles. The summed E-state index contributed by atoms with van der Waals surface area (Å²) in [7, 11) is 0. The lowest BCUT2D eigenvalue weighted by Gasteiger charge is -2.18. The summed E-state index contributed by atoms with van der Waals surface area (Å²) in [5.74, 6) is 0.915. The van der Waals surface area contributed by atoms with E-state index >= 15 is 0 Å². The van der Waals surface area contributed by atoms with E-state index in [9.17, 15) is 9.59 Å². The third-order valence-corrected chi connectivity index (χ3v) is 3.89. The molecule has 0 fully saturated rings. The number of para-hydroxylation sites is 1. The Labute approximate surface area is 151 Å². The molecular formula is C19H22N2O5. The highest BCUT2D eigenvalue weighted by molar-refractivity contribution is 5.91. The third kappa shape index (κ3) is 4.36.